The molecule has 0 bridgehead atoms. The predicted octanol–water partition coefficient (Wildman–Crippen LogP) is 5.06. The molecule has 1 fully saturated rings. The second-order valence-electron chi connectivity index (χ2n) is 6.27. The predicted molar refractivity (Wildman–Crippen MR) is 117 cm³/mol. The highest BCUT2D eigenvalue weighted by molar-refractivity contribution is 9.10. The monoisotopic (exact) mass is 494 g/mol. The zero-order valence-electron chi connectivity index (χ0n) is 15.3. The molecule has 1 aliphatic heterocycles. The van der Waals surface area contributed by atoms with Crippen molar-refractivity contribution in [2.75, 3.05) is 32.9 Å². The number of nitriles is 1. The summed E-state index contributed by atoms with van der Waals surface area (Å²) in [6.07, 6.45) is 1.72. The van der Waals surface area contributed by atoms with Gasteiger partial charge < -0.3 is 14.4 Å². The van der Waals surface area contributed by atoms with Gasteiger partial charge in [0.15, 0.2) is 6.61 Å². The molecule has 1 heterocycles. The summed E-state index contributed by atoms with van der Waals surface area (Å²) in [5.74, 6) is 0.472. The van der Waals surface area contributed by atoms with Crippen LogP contribution in [0.15, 0.2) is 40.9 Å². The van der Waals surface area contributed by atoms with E-state index in [0.29, 0.717) is 57.7 Å². The Hall–Kier alpha value is -2.04. The first-order chi connectivity index (χ1) is 14.0. The number of rotatable bonds is 5. The molecular formula is C21H17BrCl2N2O3. The molecular weight excluding hydrogens is 479 g/mol. The van der Waals surface area contributed by atoms with E-state index >= 15 is 0 Å². The van der Waals surface area contributed by atoms with Crippen molar-refractivity contribution in [1.82, 2.24) is 4.90 Å². The van der Waals surface area contributed by atoms with Crippen molar-refractivity contribution in [2.45, 2.75) is 0 Å². The minimum atomic E-state index is -0.0756. The molecule has 0 aliphatic carbocycles. The fourth-order valence-corrected chi connectivity index (χ4v) is 3.83. The Kier molecular flexibility index (Phi) is 7.57. The Morgan fingerprint density at radius 2 is 2.00 bits per heavy atom. The number of ether oxygens (including phenoxy) is 2. The summed E-state index contributed by atoms with van der Waals surface area (Å²) >= 11 is 15.6. The van der Waals surface area contributed by atoms with Crippen LogP contribution < -0.4 is 4.74 Å². The largest absolute Gasteiger partial charge is 0.483 e. The second-order valence-corrected chi connectivity index (χ2v) is 7.96. The van der Waals surface area contributed by atoms with Crippen molar-refractivity contribution in [3.05, 3.63) is 62.0 Å². The maximum absolute atomic E-state index is 12.2. The van der Waals surface area contributed by atoms with Crippen LogP contribution in [-0.4, -0.2) is 43.7 Å². The first-order valence-corrected chi connectivity index (χ1v) is 10.4. The van der Waals surface area contributed by atoms with Crippen molar-refractivity contribution < 1.29 is 14.3 Å². The lowest BCUT2D eigenvalue weighted by Gasteiger charge is -2.26. The first-order valence-electron chi connectivity index (χ1n) is 8.83. The minimum Gasteiger partial charge on any atom is -0.483 e. The van der Waals surface area contributed by atoms with Crippen LogP contribution in [0.5, 0.6) is 5.75 Å². The standard InChI is InChI=1S/C21H17BrCl2N2O3/c22-18-10-14(9-15(12-25)17-3-2-16(23)11-19(17)24)1-4-20(18)29-13-21(27)26-5-7-28-8-6-26/h1-4,9-11H,5-8,13H2. The van der Waals surface area contributed by atoms with E-state index in [1.807, 2.05) is 6.07 Å². The van der Waals surface area contributed by atoms with E-state index < -0.39 is 0 Å². The number of carbonyl (C=O) groups is 1. The van der Waals surface area contributed by atoms with E-state index in [2.05, 4.69) is 22.0 Å². The van der Waals surface area contributed by atoms with Gasteiger partial charge in [0.2, 0.25) is 0 Å². The summed E-state index contributed by atoms with van der Waals surface area (Å²) in [6.45, 7) is 2.22. The van der Waals surface area contributed by atoms with E-state index in [1.165, 1.54) is 0 Å². The van der Waals surface area contributed by atoms with E-state index in [9.17, 15) is 10.1 Å². The fourth-order valence-electron chi connectivity index (χ4n) is 2.81. The van der Waals surface area contributed by atoms with Gasteiger partial charge in [-0.05, 0) is 51.8 Å². The van der Waals surface area contributed by atoms with Gasteiger partial charge in [-0.25, -0.2) is 0 Å². The Bertz CT molecular complexity index is 982. The van der Waals surface area contributed by atoms with Crippen LogP contribution in [0, 0.1) is 11.3 Å². The Balaban J connectivity index is 1.72. The summed E-state index contributed by atoms with van der Waals surface area (Å²) in [7, 11) is 0. The highest BCUT2D eigenvalue weighted by Gasteiger charge is 2.17. The van der Waals surface area contributed by atoms with Gasteiger partial charge in [-0.3, -0.25) is 4.79 Å². The van der Waals surface area contributed by atoms with Crippen LogP contribution >= 0.6 is 39.1 Å². The summed E-state index contributed by atoms with van der Waals surface area (Å²) in [5, 5.41) is 10.4. The molecule has 3 rings (SSSR count). The van der Waals surface area contributed by atoms with Gasteiger partial charge in [-0.1, -0.05) is 35.3 Å². The fraction of sp³-hybridized carbons (Fsp3) is 0.238. The Morgan fingerprint density at radius 3 is 2.66 bits per heavy atom. The average Bonchev–Trinajstić information content (AvgIpc) is 2.72. The SMILES string of the molecule is N#CC(=Cc1ccc(OCC(=O)N2CCOCC2)c(Br)c1)c1ccc(Cl)cc1Cl. The number of halogens is 3. The van der Waals surface area contributed by atoms with Crippen molar-refractivity contribution >= 4 is 56.7 Å². The van der Waals surface area contributed by atoms with Gasteiger partial charge in [0, 0.05) is 23.7 Å². The summed E-state index contributed by atoms with van der Waals surface area (Å²) in [6, 6.07) is 12.5. The topological polar surface area (TPSA) is 62.6 Å². The van der Waals surface area contributed by atoms with E-state index in [1.54, 1.807) is 41.3 Å². The summed E-state index contributed by atoms with van der Waals surface area (Å²) in [4.78, 5) is 13.9. The molecule has 0 atom stereocenters. The molecule has 29 heavy (non-hydrogen) atoms. The number of amides is 1. The third-order valence-corrected chi connectivity index (χ3v) is 5.49. The lowest BCUT2D eigenvalue weighted by atomic mass is 10.0. The number of morpholine rings is 1. The normalized spacial score (nSPS) is 14.4. The van der Waals surface area contributed by atoms with Crippen molar-refractivity contribution in [3.63, 3.8) is 0 Å². The van der Waals surface area contributed by atoms with E-state index in [4.69, 9.17) is 32.7 Å². The third kappa shape index (κ3) is 5.74. The van der Waals surface area contributed by atoms with E-state index in [-0.39, 0.29) is 12.5 Å². The van der Waals surface area contributed by atoms with Crippen LogP contribution in [0.1, 0.15) is 11.1 Å². The lowest BCUT2D eigenvalue weighted by Crippen LogP contribution is -2.43. The maximum Gasteiger partial charge on any atom is 0.260 e. The van der Waals surface area contributed by atoms with Crippen molar-refractivity contribution in [3.8, 4) is 11.8 Å². The molecule has 5 nitrogen and oxygen atoms in total. The zero-order chi connectivity index (χ0) is 20.8. The molecule has 1 aliphatic rings. The molecule has 2 aromatic carbocycles. The molecule has 0 aromatic heterocycles. The van der Waals surface area contributed by atoms with Gasteiger partial charge in [0.05, 0.1) is 34.4 Å². The Labute approximate surface area is 187 Å². The van der Waals surface area contributed by atoms with Crippen LogP contribution in [0.4, 0.5) is 0 Å². The van der Waals surface area contributed by atoms with Gasteiger partial charge >= 0.3 is 0 Å². The maximum atomic E-state index is 12.2. The van der Waals surface area contributed by atoms with Gasteiger partial charge in [-0.15, -0.1) is 0 Å². The smallest absolute Gasteiger partial charge is 0.260 e. The number of carbonyl (C=O) groups excluding carboxylic acids is 1. The average molecular weight is 496 g/mol. The molecule has 2 aromatic rings. The molecule has 0 spiro atoms. The molecule has 0 N–H and O–H groups in total. The van der Waals surface area contributed by atoms with Crippen LogP contribution in [-0.2, 0) is 9.53 Å². The van der Waals surface area contributed by atoms with Crippen LogP contribution in [0.3, 0.4) is 0 Å². The highest BCUT2D eigenvalue weighted by atomic mass is 79.9. The van der Waals surface area contributed by atoms with Crippen molar-refractivity contribution in [1.29, 1.82) is 5.26 Å². The number of nitrogens with zero attached hydrogens (tertiary/aromatic N) is 2. The molecule has 0 saturated carbocycles. The highest BCUT2D eigenvalue weighted by Crippen LogP contribution is 2.31. The Morgan fingerprint density at radius 1 is 1.24 bits per heavy atom. The number of benzene rings is 2. The summed E-state index contributed by atoms with van der Waals surface area (Å²) in [5.41, 5.74) is 1.80. The zero-order valence-corrected chi connectivity index (χ0v) is 18.4. The van der Waals surface area contributed by atoms with Crippen LogP contribution in [0.25, 0.3) is 11.6 Å². The lowest BCUT2D eigenvalue weighted by molar-refractivity contribution is -0.137. The molecule has 0 radical (unpaired) electrons. The minimum absolute atomic E-state index is 0.0440. The quantitative estimate of drug-likeness (QED) is 0.429. The van der Waals surface area contributed by atoms with Crippen molar-refractivity contribution in [2.24, 2.45) is 0 Å². The number of hydrogen-bond donors (Lipinski definition) is 0. The molecule has 1 saturated heterocycles. The molecule has 150 valence electrons. The molecule has 8 heteroatoms. The van der Waals surface area contributed by atoms with Crippen LogP contribution in [0.2, 0.25) is 10.0 Å². The van der Waals surface area contributed by atoms with Gasteiger partial charge in [0.25, 0.3) is 5.91 Å². The van der Waals surface area contributed by atoms with E-state index in [0.717, 1.165) is 5.56 Å². The molecule has 1 amide bonds. The van der Waals surface area contributed by atoms with Gasteiger partial charge in [-0.2, -0.15) is 5.26 Å². The molecule has 0 unspecified atom stereocenters. The van der Waals surface area contributed by atoms with Gasteiger partial charge in [0.1, 0.15) is 5.75 Å². The number of allylic oxidation sites excluding steroid dienone is 1. The number of hydrogen-bond acceptors (Lipinski definition) is 4. The second kappa shape index (κ2) is 10.1. The summed E-state index contributed by atoms with van der Waals surface area (Å²) < 4.78 is 11.6. The third-order valence-electron chi connectivity index (χ3n) is 4.32. The first kappa shape index (κ1) is 21.7.